The standard InChI is InChI=1S/C15H24N2O2S/c1-15(2)8-14(15)10-17-20(18,19)11-13-6-4-5-12(7-13)9-16-3/h4-7,14,16-17H,8-11H2,1-3H3. The van der Waals surface area contributed by atoms with Gasteiger partial charge in [-0.3, -0.25) is 0 Å². The minimum Gasteiger partial charge on any atom is -0.316 e. The maximum Gasteiger partial charge on any atom is 0.215 e. The predicted octanol–water partition coefficient (Wildman–Crippen LogP) is 1.87. The lowest BCUT2D eigenvalue weighted by atomic mass is 10.1. The zero-order chi connectivity index (χ0) is 14.8. The molecule has 0 amide bonds. The van der Waals surface area contributed by atoms with Crippen LogP contribution in [0.25, 0.3) is 0 Å². The van der Waals surface area contributed by atoms with E-state index in [9.17, 15) is 8.42 Å². The highest BCUT2D eigenvalue weighted by atomic mass is 32.2. The Labute approximate surface area is 122 Å². The molecule has 0 saturated heterocycles. The smallest absolute Gasteiger partial charge is 0.215 e. The van der Waals surface area contributed by atoms with Crippen molar-refractivity contribution < 1.29 is 8.42 Å². The molecule has 112 valence electrons. The van der Waals surface area contributed by atoms with Crippen molar-refractivity contribution in [3.63, 3.8) is 0 Å². The highest BCUT2D eigenvalue weighted by Gasteiger charge is 2.45. The normalized spacial score (nSPS) is 20.9. The summed E-state index contributed by atoms with van der Waals surface area (Å²) in [5.74, 6) is 0.533. The molecule has 1 atom stereocenters. The highest BCUT2D eigenvalue weighted by molar-refractivity contribution is 7.88. The van der Waals surface area contributed by atoms with Crippen LogP contribution in [0.1, 0.15) is 31.4 Å². The van der Waals surface area contributed by atoms with Gasteiger partial charge in [-0.05, 0) is 35.9 Å². The third-order valence-electron chi connectivity index (χ3n) is 4.00. The van der Waals surface area contributed by atoms with Crippen LogP contribution in [0.4, 0.5) is 0 Å². The summed E-state index contributed by atoms with van der Waals surface area (Å²) in [6, 6.07) is 7.70. The second kappa shape index (κ2) is 5.84. The lowest BCUT2D eigenvalue weighted by Gasteiger charge is -2.09. The molecule has 0 heterocycles. The maximum atomic E-state index is 12.1. The second-order valence-corrected chi connectivity index (χ2v) is 8.15. The molecule has 2 rings (SSSR count). The van der Waals surface area contributed by atoms with Crippen LogP contribution in [0, 0.1) is 11.3 Å². The zero-order valence-corrected chi connectivity index (χ0v) is 13.3. The molecule has 5 heteroatoms. The van der Waals surface area contributed by atoms with Crippen molar-refractivity contribution in [2.24, 2.45) is 11.3 Å². The van der Waals surface area contributed by atoms with Crippen LogP contribution in [0.3, 0.4) is 0 Å². The van der Waals surface area contributed by atoms with Crippen LogP contribution < -0.4 is 10.0 Å². The third-order valence-corrected chi connectivity index (χ3v) is 5.32. The fourth-order valence-corrected chi connectivity index (χ4v) is 3.63. The van der Waals surface area contributed by atoms with Crippen LogP contribution in [0.2, 0.25) is 0 Å². The Hall–Kier alpha value is -0.910. The molecule has 1 aromatic carbocycles. The third kappa shape index (κ3) is 4.30. The molecule has 1 unspecified atom stereocenters. The van der Waals surface area contributed by atoms with Gasteiger partial charge in [0.15, 0.2) is 0 Å². The summed E-state index contributed by atoms with van der Waals surface area (Å²) < 4.78 is 26.9. The molecule has 0 aromatic heterocycles. The summed E-state index contributed by atoms with van der Waals surface area (Å²) >= 11 is 0. The number of hydrogen-bond acceptors (Lipinski definition) is 3. The quantitative estimate of drug-likeness (QED) is 0.807. The topological polar surface area (TPSA) is 58.2 Å². The number of rotatable bonds is 7. The molecule has 1 aliphatic carbocycles. The van der Waals surface area contributed by atoms with E-state index in [0.717, 1.165) is 24.1 Å². The average molecular weight is 296 g/mol. The van der Waals surface area contributed by atoms with Gasteiger partial charge in [-0.25, -0.2) is 13.1 Å². The Morgan fingerprint density at radius 2 is 1.95 bits per heavy atom. The summed E-state index contributed by atoms with van der Waals surface area (Å²) in [7, 11) is -1.36. The van der Waals surface area contributed by atoms with Gasteiger partial charge < -0.3 is 5.32 Å². The van der Waals surface area contributed by atoms with Gasteiger partial charge in [0.2, 0.25) is 10.0 Å². The van der Waals surface area contributed by atoms with Crippen molar-refractivity contribution >= 4 is 10.0 Å². The number of sulfonamides is 1. The van der Waals surface area contributed by atoms with Gasteiger partial charge in [-0.2, -0.15) is 0 Å². The van der Waals surface area contributed by atoms with Crippen LogP contribution in [-0.4, -0.2) is 22.0 Å². The molecule has 1 saturated carbocycles. The fourth-order valence-electron chi connectivity index (χ4n) is 2.46. The molecule has 0 spiro atoms. The summed E-state index contributed by atoms with van der Waals surface area (Å²) in [6.07, 6.45) is 1.10. The van der Waals surface area contributed by atoms with E-state index >= 15 is 0 Å². The monoisotopic (exact) mass is 296 g/mol. The minimum absolute atomic E-state index is 0.0533. The second-order valence-electron chi connectivity index (χ2n) is 6.35. The minimum atomic E-state index is -3.24. The van der Waals surface area contributed by atoms with Crippen molar-refractivity contribution in [1.82, 2.24) is 10.0 Å². The SMILES string of the molecule is CNCc1cccc(CS(=O)(=O)NCC2CC2(C)C)c1. The first kappa shape index (κ1) is 15.5. The first-order chi connectivity index (χ1) is 9.32. The van der Waals surface area contributed by atoms with E-state index in [-0.39, 0.29) is 5.75 Å². The molecule has 0 bridgehead atoms. The molecule has 1 fully saturated rings. The van der Waals surface area contributed by atoms with Crippen molar-refractivity contribution in [2.75, 3.05) is 13.6 Å². The van der Waals surface area contributed by atoms with Gasteiger partial charge in [-0.15, -0.1) is 0 Å². The van der Waals surface area contributed by atoms with Gasteiger partial charge in [0.25, 0.3) is 0 Å². The molecule has 2 N–H and O–H groups in total. The molecule has 0 aliphatic heterocycles. The van der Waals surface area contributed by atoms with Crippen LogP contribution in [0.5, 0.6) is 0 Å². The van der Waals surface area contributed by atoms with Gasteiger partial charge in [-0.1, -0.05) is 38.1 Å². The van der Waals surface area contributed by atoms with E-state index < -0.39 is 10.0 Å². The Kier molecular flexibility index (Phi) is 4.52. The zero-order valence-electron chi connectivity index (χ0n) is 12.4. The van der Waals surface area contributed by atoms with E-state index in [0.29, 0.717) is 17.9 Å². The Morgan fingerprint density at radius 1 is 1.30 bits per heavy atom. The van der Waals surface area contributed by atoms with Crippen LogP contribution >= 0.6 is 0 Å². The predicted molar refractivity (Wildman–Crippen MR) is 81.7 cm³/mol. The molecule has 20 heavy (non-hydrogen) atoms. The lowest BCUT2D eigenvalue weighted by molar-refractivity contribution is 0.537. The van der Waals surface area contributed by atoms with Crippen molar-refractivity contribution in [3.8, 4) is 0 Å². The largest absolute Gasteiger partial charge is 0.316 e. The van der Waals surface area contributed by atoms with Gasteiger partial charge in [0.05, 0.1) is 5.75 Å². The van der Waals surface area contributed by atoms with E-state index in [1.54, 1.807) is 0 Å². The molecule has 1 aromatic rings. The van der Waals surface area contributed by atoms with Gasteiger partial charge in [0, 0.05) is 13.1 Å². The molecular weight excluding hydrogens is 272 g/mol. The van der Waals surface area contributed by atoms with Crippen molar-refractivity contribution in [2.45, 2.75) is 32.6 Å². The Bertz CT molecular complexity index is 567. The number of hydrogen-bond donors (Lipinski definition) is 2. The summed E-state index contributed by atoms with van der Waals surface area (Å²) in [4.78, 5) is 0. The molecule has 1 aliphatic rings. The van der Waals surface area contributed by atoms with E-state index in [1.165, 1.54) is 0 Å². The maximum absolute atomic E-state index is 12.1. The van der Waals surface area contributed by atoms with Crippen LogP contribution in [-0.2, 0) is 22.3 Å². The molecule has 0 radical (unpaired) electrons. The highest BCUT2D eigenvalue weighted by Crippen LogP contribution is 2.51. The van der Waals surface area contributed by atoms with E-state index in [4.69, 9.17) is 0 Å². The van der Waals surface area contributed by atoms with Gasteiger partial charge in [0.1, 0.15) is 0 Å². The van der Waals surface area contributed by atoms with Crippen molar-refractivity contribution in [3.05, 3.63) is 35.4 Å². The summed E-state index contributed by atoms with van der Waals surface area (Å²) in [5.41, 5.74) is 2.23. The van der Waals surface area contributed by atoms with Crippen molar-refractivity contribution in [1.29, 1.82) is 0 Å². The number of benzene rings is 1. The molecule has 4 nitrogen and oxygen atoms in total. The summed E-state index contributed by atoms with van der Waals surface area (Å²) in [5, 5.41) is 3.07. The average Bonchev–Trinajstić information content (AvgIpc) is 2.95. The number of nitrogens with one attached hydrogen (secondary N) is 2. The summed E-state index contributed by atoms with van der Waals surface area (Å²) in [6.45, 7) is 5.66. The van der Waals surface area contributed by atoms with Crippen LogP contribution in [0.15, 0.2) is 24.3 Å². The lowest BCUT2D eigenvalue weighted by Crippen LogP contribution is -2.28. The van der Waals surface area contributed by atoms with Gasteiger partial charge >= 0.3 is 0 Å². The Balaban J connectivity index is 1.92. The fraction of sp³-hybridized carbons (Fsp3) is 0.600. The Morgan fingerprint density at radius 3 is 2.55 bits per heavy atom. The first-order valence-electron chi connectivity index (χ1n) is 7.02. The van der Waals surface area contributed by atoms with E-state index in [1.807, 2.05) is 31.3 Å². The van der Waals surface area contributed by atoms with E-state index in [2.05, 4.69) is 23.9 Å². The first-order valence-corrected chi connectivity index (χ1v) is 8.67. The molecular formula is C15H24N2O2S.